The van der Waals surface area contributed by atoms with Gasteiger partial charge >= 0.3 is 0 Å². The van der Waals surface area contributed by atoms with E-state index in [2.05, 4.69) is 43.2 Å². The second kappa shape index (κ2) is 7.29. The molecule has 3 nitrogen and oxygen atoms in total. The third-order valence-corrected chi connectivity index (χ3v) is 4.66. The monoisotopic (exact) mass is 413 g/mol. The molecule has 0 amide bonds. The Labute approximate surface area is 141 Å². The van der Waals surface area contributed by atoms with Crippen molar-refractivity contribution >= 4 is 31.9 Å². The molecule has 0 heterocycles. The fourth-order valence-electron chi connectivity index (χ4n) is 2.30. The molecule has 0 fully saturated rings. The molecule has 5 heteroatoms. The minimum atomic E-state index is -0.00229. The summed E-state index contributed by atoms with van der Waals surface area (Å²) in [6.45, 7) is 0. The van der Waals surface area contributed by atoms with E-state index >= 15 is 0 Å². The first-order valence-electron chi connectivity index (χ1n) is 6.45. The Morgan fingerprint density at radius 2 is 1.57 bits per heavy atom. The van der Waals surface area contributed by atoms with E-state index in [1.165, 1.54) is 0 Å². The molecular formula is C16H17Br2NO2. The Hall–Kier alpha value is -1.04. The van der Waals surface area contributed by atoms with Crippen molar-refractivity contribution in [3.8, 4) is 11.5 Å². The third-order valence-electron chi connectivity index (χ3n) is 3.32. The first kappa shape index (κ1) is 16.3. The Balaban J connectivity index is 2.59. The smallest absolute Gasteiger partial charge is 0.133 e. The molecule has 0 aliphatic rings. The second-order valence-electron chi connectivity index (χ2n) is 4.47. The van der Waals surface area contributed by atoms with Crippen LogP contribution < -0.4 is 14.8 Å². The fraction of sp³-hybridized carbons (Fsp3) is 0.250. The van der Waals surface area contributed by atoms with Gasteiger partial charge in [-0.3, -0.25) is 0 Å². The zero-order valence-electron chi connectivity index (χ0n) is 12.1. The number of nitrogens with one attached hydrogen (secondary N) is 1. The molecule has 1 N–H and O–H groups in total. The van der Waals surface area contributed by atoms with Crippen molar-refractivity contribution in [2.45, 2.75) is 6.04 Å². The summed E-state index contributed by atoms with van der Waals surface area (Å²) in [7, 11) is 5.26. The van der Waals surface area contributed by atoms with Crippen molar-refractivity contribution in [1.29, 1.82) is 0 Å². The highest BCUT2D eigenvalue weighted by Gasteiger charge is 2.20. The van der Waals surface area contributed by atoms with Gasteiger partial charge in [-0.2, -0.15) is 0 Å². The van der Waals surface area contributed by atoms with Gasteiger partial charge in [0.2, 0.25) is 0 Å². The topological polar surface area (TPSA) is 30.5 Å². The zero-order chi connectivity index (χ0) is 15.4. The number of benzene rings is 2. The summed E-state index contributed by atoms with van der Waals surface area (Å²) >= 11 is 7.10. The van der Waals surface area contributed by atoms with Gasteiger partial charge in [-0.15, -0.1) is 0 Å². The van der Waals surface area contributed by atoms with Crippen LogP contribution in [0.15, 0.2) is 45.3 Å². The van der Waals surface area contributed by atoms with Gasteiger partial charge in [0.15, 0.2) is 0 Å². The van der Waals surface area contributed by atoms with Crippen molar-refractivity contribution in [2.75, 3.05) is 21.3 Å². The predicted octanol–water partition coefficient (Wildman–Crippen LogP) is 4.54. The van der Waals surface area contributed by atoms with Gasteiger partial charge in [-0.25, -0.2) is 0 Å². The highest BCUT2D eigenvalue weighted by Crippen LogP contribution is 2.39. The molecule has 0 saturated carbocycles. The maximum Gasteiger partial charge on any atom is 0.133 e. The van der Waals surface area contributed by atoms with E-state index in [1.54, 1.807) is 14.2 Å². The molecule has 1 unspecified atom stereocenters. The van der Waals surface area contributed by atoms with Crippen LogP contribution in [0.25, 0.3) is 0 Å². The number of halogens is 2. The van der Waals surface area contributed by atoms with Crippen LogP contribution in [0.4, 0.5) is 0 Å². The van der Waals surface area contributed by atoms with E-state index in [1.807, 2.05) is 37.4 Å². The first-order chi connectivity index (χ1) is 10.1. The molecule has 0 bridgehead atoms. The maximum absolute atomic E-state index is 5.53. The summed E-state index contributed by atoms with van der Waals surface area (Å²) in [5, 5.41) is 3.34. The average Bonchev–Trinajstić information content (AvgIpc) is 2.50. The lowest BCUT2D eigenvalue weighted by atomic mass is 9.97. The third kappa shape index (κ3) is 3.42. The van der Waals surface area contributed by atoms with Gasteiger partial charge in [0.1, 0.15) is 11.5 Å². The second-order valence-corrected chi connectivity index (χ2v) is 6.18. The molecule has 1 atom stereocenters. The summed E-state index contributed by atoms with van der Waals surface area (Å²) in [6.07, 6.45) is 0. The van der Waals surface area contributed by atoms with Crippen molar-refractivity contribution in [1.82, 2.24) is 5.32 Å². The van der Waals surface area contributed by atoms with Crippen molar-refractivity contribution in [3.05, 3.63) is 56.5 Å². The SMILES string of the molecule is CNC(c1ccccc1Br)c1cc(OC)c(Br)cc1OC. The minimum absolute atomic E-state index is 0.00229. The van der Waals surface area contributed by atoms with Gasteiger partial charge in [-0.05, 0) is 46.7 Å². The molecule has 112 valence electrons. The molecule has 2 rings (SSSR count). The van der Waals surface area contributed by atoms with E-state index in [0.29, 0.717) is 0 Å². The predicted molar refractivity (Wildman–Crippen MR) is 92.3 cm³/mol. The fourth-order valence-corrected chi connectivity index (χ4v) is 3.30. The lowest BCUT2D eigenvalue weighted by molar-refractivity contribution is 0.393. The van der Waals surface area contributed by atoms with Crippen LogP contribution in [0.5, 0.6) is 11.5 Å². The number of rotatable bonds is 5. The largest absolute Gasteiger partial charge is 0.496 e. The van der Waals surface area contributed by atoms with E-state index in [9.17, 15) is 0 Å². The molecule has 0 spiro atoms. The number of hydrogen-bond acceptors (Lipinski definition) is 3. The van der Waals surface area contributed by atoms with Crippen LogP contribution in [0.1, 0.15) is 17.2 Å². The van der Waals surface area contributed by atoms with E-state index in [-0.39, 0.29) is 6.04 Å². The van der Waals surface area contributed by atoms with Gasteiger partial charge in [0, 0.05) is 10.0 Å². The van der Waals surface area contributed by atoms with E-state index in [4.69, 9.17) is 9.47 Å². The molecule has 0 aromatic heterocycles. The standard InChI is InChI=1S/C16H17Br2NO2/c1-19-16(10-6-4-5-7-12(10)17)11-8-15(21-3)13(18)9-14(11)20-2/h4-9,16,19H,1-3H3. The van der Waals surface area contributed by atoms with Crippen LogP contribution in [-0.4, -0.2) is 21.3 Å². The van der Waals surface area contributed by atoms with Crippen LogP contribution in [0.3, 0.4) is 0 Å². The number of hydrogen-bond donors (Lipinski definition) is 1. The lowest BCUT2D eigenvalue weighted by Gasteiger charge is -2.22. The summed E-state index contributed by atoms with van der Waals surface area (Å²) in [6, 6.07) is 12.0. The Bertz CT molecular complexity index is 632. The van der Waals surface area contributed by atoms with Crippen LogP contribution in [0.2, 0.25) is 0 Å². The van der Waals surface area contributed by atoms with Gasteiger partial charge < -0.3 is 14.8 Å². The lowest BCUT2D eigenvalue weighted by Crippen LogP contribution is -2.19. The highest BCUT2D eigenvalue weighted by atomic mass is 79.9. The average molecular weight is 415 g/mol. The van der Waals surface area contributed by atoms with Gasteiger partial charge in [0.05, 0.1) is 24.7 Å². The maximum atomic E-state index is 5.53. The van der Waals surface area contributed by atoms with Crippen molar-refractivity contribution in [3.63, 3.8) is 0 Å². The molecule has 0 aliphatic carbocycles. The number of methoxy groups -OCH3 is 2. The first-order valence-corrected chi connectivity index (χ1v) is 8.04. The molecule has 2 aromatic rings. The van der Waals surface area contributed by atoms with Gasteiger partial charge in [-0.1, -0.05) is 34.1 Å². The van der Waals surface area contributed by atoms with Crippen molar-refractivity contribution < 1.29 is 9.47 Å². The van der Waals surface area contributed by atoms with Crippen molar-refractivity contribution in [2.24, 2.45) is 0 Å². The Kier molecular flexibility index (Phi) is 5.67. The van der Waals surface area contributed by atoms with Crippen LogP contribution in [-0.2, 0) is 0 Å². The van der Waals surface area contributed by atoms with Gasteiger partial charge in [0.25, 0.3) is 0 Å². The molecule has 21 heavy (non-hydrogen) atoms. The molecular weight excluding hydrogens is 398 g/mol. The van der Waals surface area contributed by atoms with E-state index in [0.717, 1.165) is 31.6 Å². The van der Waals surface area contributed by atoms with E-state index < -0.39 is 0 Å². The zero-order valence-corrected chi connectivity index (χ0v) is 15.3. The summed E-state index contributed by atoms with van der Waals surface area (Å²) in [4.78, 5) is 0. The molecule has 0 saturated heterocycles. The summed E-state index contributed by atoms with van der Waals surface area (Å²) in [5.41, 5.74) is 2.16. The normalized spacial score (nSPS) is 12.0. The highest BCUT2D eigenvalue weighted by molar-refractivity contribution is 9.10. The Morgan fingerprint density at radius 1 is 0.905 bits per heavy atom. The van der Waals surface area contributed by atoms with Crippen LogP contribution >= 0.6 is 31.9 Å². The van der Waals surface area contributed by atoms with Crippen LogP contribution in [0, 0.1) is 0 Å². The molecule has 2 aromatic carbocycles. The summed E-state index contributed by atoms with van der Waals surface area (Å²) in [5.74, 6) is 1.58. The minimum Gasteiger partial charge on any atom is -0.496 e. The molecule has 0 radical (unpaired) electrons. The Morgan fingerprint density at radius 3 is 2.14 bits per heavy atom. The summed E-state index contributed by atoms with van der Waals surface area (Å²) < 4.78 is 12.9. The molecule has 0 aliphatic heterocycles. The number of ether oxygens (including phenoxy) is 2. The quantitative estimate of drug-likeness (QED) is 0.779.